The van der Waals surface area contributed by atoms with Crippen molar-refractivity contribution >= 4 is 17.7 Å². The molecule has 0 aliphatic carbocycles. The number of carbonyl (C=O) groups excluding carboxylic acids is 1. The van der Waals surface area contributed by atoms with Crippen LogP contribution in [0.15, 0.2) is 78.0 Å². The molecular formula is C35H30F5N5O4S. The number of thioether (sulfide) groups is 1. The van der Waals surface area contributed by atoms with Gasteiger partial charge in [-0.05, 0) is 44.3 Å². The Labute approximate surface area is 287 Å². The summed E-state index contributed by atoms with van der Waals surface area (Å²) in [6.07, 6.45) is -1.27. The zero-order valence-electron chi connectivity index (χ0n) is 26.6. The first-order chi connectivity index (χ1) is 24.0. The molecule has 9 nitrogen and oxygen atoms in total. The van der Waals surface area contributed by atoms with Crippen molar-refractivity contribution in [1.82, 2.24) is 25.5 Å². The van der Waals surface area contributed by atoms with Crippen molar-refractivity contribution in [2.24, 2.45) is 13.0 Å². The molecule has 1 aliphatic heterocycles. The number of carbonyl (C=O) groups is 1. The number of benzene rings is 4. The van der Waals surface area contributed by atoms with Crippen molar-refractivity contribution in [3.63, 3.8) is 0 Å². The molecular weight excluding hydrogens is 681 g/mol. The lowest BCUT2D eigenvalue weighted by atomic mass is 9.91. The van der Waals surface area contributed by atoms with Gasteiger partial charge in [-0.2, -0.15) is 0 Å². The Morgan fingerprint density at radius 3 is 2.16 bits per heavy atom. The number of nitrogens with one attached hydrogen (secondary N) is 1. The number of tetrazole rings is 1. The summed E-state index contributed by atoms with van der Waals surface area (Å²) in [6, 6.07) is 22.0. The number of nitrogens with zero attached hydrogens (tertiary/aromatic N) is 4. The third-order valence-corrected chi connectivity index (χ3v) is 9.51. The van der Waals surface area contributed by atoms with E-state index in [-0.39, 0.29) is 31.3 Å². The van der Waals surface area contributed by atoms with Gasteiger partial charge in [-0.1, -0.05) is 85.4 Å². The summed E-state index contributed by atoms with van der Waals surface area (Å²) in [6.45, 7) is 1.75. The van der Waals surface area contributed by atoms with Crippen molar-refractivity contribution < 1.29 is 41.3 Å². The van der Waals surface area contributed by atoms with E-state index < -0.39 is 46.8 Å². The fraction of sp³-hybridized carbons (Fsp3) is 0.257. The molecule has 0 radical (unpaired) electrons. The molecule has 4 aromatic carbocycles. The number of hydrogen-bond acceptors (Lipinski definition) is 8. The molecule has 15 heteroatoms. The van der Waals surface area contributed by atoms with Crippen LogP contribution in [0.25, 0.3) is 11.1 Å². The minimum absolute atomic E-state index is 0.0449. The van der Waals surface area contributed by atoms with E-state index in [0.717, 1.165) is 27.8 Å². The van der Waals surface area contributed by atoms with E-state index in [1.165, 1.54) is 11.8 Å². The van der Waals surface area contributed by atoms with Gasteiger partial charge < -0.3 is 19.9 Å². The third-order valence-electron chi connectivity index (χ3n) is 8.41. The first kappa shape index (κ1) is 35.1. The van der Waals surface area contributed by atoms with Crippen molar-refractivity contribution in [3.8, 4) is 11.1 Å². The Morgan fingerprint density at radius 2 is 1.52 bits per heavy atom. The number of aryl methyl sites for hydroxylation is 1. The minimum Gasteiger partial charge on any atom is -0.392 e. The van der Waals surface area contributed by atoms with Crippen molar-refractivity contribution in [1.29, 1.82) is 0 Å². The molecule has 1 saturated heterocycles. The third kappa shape index (κ3) is 7.26. The fourth-order valence-corrected chi connectivity index (χ4v) is 6.59. The maximum absolute atomic E-state index is 14.1. The lowest BCUT2D eigenvalue weighted by molar-refractivity contribution is -0.268. The quantitative estimate of drug-likeness (QED) is 0.0724. The molecule has 260 valence electrons. The largest absolute Gasteiger partial charge is 0.392 e. The summed E-state index contributed by atoms with van der Waals surface area (Å²) in [5.41, 5.74) is 3.00. The summed E-state index contributed by atoms with van der Waals surface area (Å²) in [5.74, 6) is -12.1. The molecule has 4 atom stereocenters. The number of ether oxygens (including phenoxy) is 2. The second-order valence-electron chi connectivity index (χ2n) is 11.7. The predicted molar refractivity (Wildman–Crippen MR) is 172 cm³/mol. The SMILES string of the molecule is C[C@@H]1[C@H](CSc2nnnn2C)O[C@H](c2ccc(-c3cccc(CNC(=O)c4c(F)c(F)c(F)c(F)c4F)c3)cc2)O[C@@H]1c1ccc(CO)cc1. The number of halogens is 5. The van der Waals surface area contributed by atoms with Crippen LogP contribution >= 0.6 is 11.8 Å². The molecule has 0 spiro atoms. The van der Waals surface area contributed by atoms with Crippen molar-refractivity contribution in [3.05, 3.63) is 130 Å². The first-order valence-corrected chi connectivity index (χ1v) is 16.4. The van der Waals surface area contributed by atoms with E-state index in [4.69, 9.17) is 9.47 Å². The molecule has 1 aliphatic rings. The maximum atomic E-state index is 14.1. The highest BCUT2D eigenvalue weighted by molar-refractivity contribution is 7.99. The Bertz CT molecular complexity index is 1970. The summed E-state index contributed by atoms with van der Waals surface area (Å²) in [4.78, 5) is 12.4. The smallest absolute Gasteiger partial charge is 0.257 e. The van der Waals surface area contributed by atoms with Crippen LogP contribution in [0.2, 0.25) is 0 Å². The van der Waals surface area contributed by atoms with Gasteiger partial charge in [0.15, 0.2) is 29.6 Å². The van der Waals surface area contributed by atoms with Gasteiger partial charge >= 0.3 is 0 Å². The van der Waals surface area contributed by atoms with Crippen LogP contribution in [0.3, 0.4) is 0 Å². The van der Waals surface area contributed by atoms with Crippen LogP contribution in [0, 0.1) is 35.0 Å². The van der Waals surface area contributed by atoms with E-state index in [9.17, 15) is 31.9 Å². The normalized spacial score (nSPS) is 19.0. The van der Waals surface area contributed by atoms with Gasteiger partial charge in [0.2, 0.25) is 11.0 Å². The van der Waals surface area contributed by atoms with Gasteiger partial charge in [0.25, 0.3) is 5.91 Å². The van der Waals surface area contributed by atoms with Gasteiger partial charge in [-0.3, -0.25) is 4.79 Å². The highest BCUT2D eigenvalue weighted by atomic mass is 32.2. The molecule has 50 heavy (non-hydrogen) atoms. The number of amides is 1. The highest BCUT2D eigenvalue weighted by Crippen LogP contribution is 2.43. The number of hydrogen-bond donors (Lipinski definition) is 2. The summed E-state index contributed by atoms with van der Waals surface area (Å²) >= 11 is 1.47. The average molecular weight is 712 g/mol. The topological polar surface area (TPSA) is 111 Å². The Hall–Kier alpha value is -4.70. The van der Waals surface area contributed by atoms with Gasteiger partial charge in [0, 0.05) is 30.8 Å². The standard InChI is InChI=1S/C35H30F5N5O4S/c1-18-25(17-50-35-42-43-44-45(35)2)48-34(49-32(18)22-8-6-19(16-46)7-9-22)23-12-10-21(11-13-23)24-5-3-4-20(14-24)15-41-33(47)26-27(36)29(38)31(40)30(39)28(26)37/h3-14,18,25,32,34,46H,15-17H2,1-2H3,(H,41,47)/t18-,25+,32+,34+/m1/s1. The molecule has 0 bridgehead atoms. The van der Waals surface area contributed by atoms with Gasteiger partial charge in [-0.25, -0.2) is 26.6 Å². The lowest BCUT2D eigenvalue weighted by Gasteiger charge is -2.41. The Kier molecular flexibility index (Phi) is 10.6. The summed E-state index contributed by atoms with van der Waals surface area (Å²) < 4.78 is 83.4. The average Bonchev–Trinajstić information content (AvgIpc) is 3.56. The molecule has 1 amide bonds. The summed E-state index contributed by atoms with van der Waals surface area (Å²) in [7, 11) is 1.76. The highest BCUT2D eigenvalue weighted by Gasteiger charge is 2.38. The molecule has 2 heterocycles. The van der Waals surface area contributed by atoms with Crippen LogP contribution in [0.1, 0.15) is 51.9 Å². The molecule has 1 aromatic heterocycles. The molecule has 0 saturated carbocycles. The molecule has 2 N–H and O–H groups in total. The molecule has 0 unspecified atom stereocenters. The number of aliphatic hydroxyl groups is 1. The van der Waals surface area contributed by atoms with Crippen LogP contribution in [0.5, 0.6) is 0 Å². The van der Waals surface area contributed by atoms with Crippen LogP contribution in [-0.4, -0.2) is 43.1 Å². The van der Waals surface area contributed by atoms with E-state index >= 15 is 0 Å². The Morgan fingerprint density at radius 1 is 0.860 bits per heavy atom. The van der Waals surface area contributed by atoms with Gasteiger partial charge in [0.05, 0.1) is 18.8 Å². The predicted octanol–water partition coefficient (Wildman–Crippen LogP) is 6.58. The van der Waals surface area contributed by atoms with Crippen LogP contribution in [0.4, 0.5) is 22.0 Å². The number of aromatic nitrogens is 4. The van der Waals surface area contributed by atoms with Crippen molar-refractivity contribution in [2.45, 2.75) is 43.7 Å². The van der Waals surface area contributed by atoms with Crippen LogP contribution < -0.4 is 5.32 Å². The monoisotopic (exact) mass is 711 g/mol. The Balaban J connectivity index is 1.18. The lowest BCUT2D eigenvalue weighted by Crippen LogP contribution is -2.38. The fourth-order valence-electron chi connectivity index (χ4n) is 5.58. The van der Waals surface area contributed by atoms with Crippen molar-refractivity contribution in [2.75, 3.05) is 5.75 Å². The zero-order valence-corrected chi connectivity index (χ0v) is 27.4. The first-order valence-electron chi connectivity index (χ1n) is 15.4. The van der Waals surface area contributed by atoms with Gasteiger partial charge in [0.1, 0.15) is 5.56 Å². The van der Waals surface area contributed by atoms with E-state index in [1.54, 1.807) is 29.9 Å². The molecule has 6 rings (SSSR count). The molecule has 1 fully saturated rings. The second-order valence-corrected chi connectivity index (χ2v) is 12.7. The minimum atomic E-state index is -2.34. The van der Waals surface area contributed by atoms with E-state index in [1.807, 2.05) is 54.6 Å². The number of rotatable bonds is 10. The van der Waals surface area contributed by atoms with Crippen LogP contribution in [-0.2, 0) is 29.7 Å². The second kappa shape index (κ2) is 15.0. The number of aliphatic hydroxyl groups excluding tert-OH is 1. The maximum Gasteiger partial charge on any atom is 0.257 e. The van der Waals surface area contributed by atoms with E-state index in [2.05, 4.69) is 27.8 Å². The van der Waals surface area contributed by atoms with Gasteiger partial charge in [-0.15, -0.1) is 5.10 Å². The van der Waals surface area contributed by atoms with E-state index in [0.29, 0.717) is 16.5 Å². The zero-order chi connectivity index (χ0) is 35.5. The summed E-state index contributed by atoms with van der Waals surface area (Å²) in [5, 5.41) is 24.0. The molecule has 5 aromatic rings.